The van der Waals surface area contributed by atoms with Crippen molar-refractivity contribution >= 4 is 28.7 Å². The topological polar surface area (TPSA) is 30.0 Å². The molecule has 0 atom stereocenters. The van der Waals surface area contributed by atoms with Crippen molar-refractivity contribution < 1.29 is 4.79 Å². The van der Waals surface area contributed by atoms with Crippen molar-refractivity contribution in [2.24, 2.45) is 0 Å². The molecule has 3 aromatic rings. The lowest BCUT2D eigenvalue weighted by atomic mass is 10.0. The van der Waals surface area contributed by atoms with Crippen LogP contribution >= 0.6 is 22.9 Å². The zero-order valence-corrected chi connectivity index (χ0v) is 13.6. The van der Waals surface area contributed by atoms with E-state index in [0.29, 0.717) is 17.0 Å². The number of rotatable bonds is 4. The van der Waals surface area contributed by atoms with Gasteiger partial charge in [-0.15, -0.1) is 11.3 Å². The molecule has 0 saturated heterocycles. The van der Waals surface area contributed by atoms with E-state index in [9.17, 15) is 4.79 Å². The van der Waals surface area contributed by atoms with Gasteiger partial charge < -0.3 is 0 Å². The highest BCUT2D eigenvalue weighted by Gasteiger charge is 2.11. The first-order chi connectivity index (χ1) is 10.6. The zero-order valence-electron chi connectivity index (χ0n) is 12.0. The van der Waals surface area contributed by atoms with E-state index in [-0.39, 0.29) is 5.78 Å². The molecule has 0 saturated carbocycles. The van der Waals surface area contributed by atoms with Gasteiger partial charge in [-0.25, -0.2) is 4.98 Å². The number of hydrogen-bond acceptors (Lipinski definition) is 3. The molecule has 2 aromatic carbocycles. The van der Waals surface area contributed by atoms with Crippen LogP contribution < -0.4 is 0 Å². The van der Waals surface area contributed by atoms with Gasteiger partial charge in [0.15, 0.2) is 5.78 Å². The summed E-state index contributed by atoms with van der Waals surface area (Å²) in [6.45, 7) is 1.99. The predicted octanol–water partition coefficient (Wildman–Crippen LogP) is 5.20. The molecule has 3 rings (SSSR count). The third kappa shape index (κ3) is 3.26. The van der Waals surface area contributed by atoms with Gasteiger partial charge in [0, 0.05) is 22.9 Å². The highest BCUT2D eigenvalue weighted by Crippen LogP contribution is 2.23. The van der Waals surface area contributed by atoms with Crippen LogP contribution in [0.25, 0.3) is 11.3 Å². The van der Waals surface area contributed by atoms with E-state index in [1.165, 1.54) is 0 Å². The fourth-order valence-corrected chi connectivity index (χ4v) is 3.12. The summed E-state index contributed by atoms with van der Waals surface area (Å²) in [5.41, 5.74) is 3.59. The first-order valence-corrected chi connectivity index (χ1v) is 8.18. The van der Waals surface area contributed by atoms with Gasteiger partial charge in [0.25, 0.3) is 0 Å². The number of aromatic nitrogens is 1. The maximum absolute atomic E-state index is 12.3. The number of Topliss-reactive ketones (excluding diaryl/α,β-unsaturated/α-hetero) is 1. The average Bonchev–Trinajstić information content (AvgIpc) is 2.95. The van der Waals surface area contributed by atoms with Crippen LogP contribution in [-0.2, 0) is 6.42 Å². The Bertz CT molecular complexity index is 808. The van der Waals surface area contributed by atoms with Crippen LogP contribution in [0.4, 0.5) is 0 Å². The molecule has 0 spiro atoms. The third-order valence-corrected chi connectivity index (χ3v) is 4.51. The quantitative estimate of drug-likeness (QED) is 0.617. The summed E-state index contributed by atoms with van der Waals surface area (Å²) in [4.78, 5) is 16.8. The maximum Gasteiger partial charge on any atom is 0.168 e. The SMILES string of the molecule is Cc1nc(-c2ccc(CC(=O)c3ccccc3Cl)cc2)cs1. The first kappa shape index (κ1) is 14.9. The molecule has 1 aromatic heterocycles. The van der Waals surface area contributed by atoms with E-state index in [0.717, 1.165) is 21.8 Å². The average molecular weight is 328 g/mol. The molecule has 0 aliphatic heterocycles. The van der Waals surface area contributed by atoms with Crippen molar-refractivity contribution in [1.82, 2.24) is 4.98 Å². The summed E-state index contributed by atoms with van der Waals surface area (Å²) >= 11 is 7.70. The summed E-state index contributed by atoms with van der Waals surface area (Å²) in [6.07, 6.45) is 0.347. The normalized spacial score (nSPS) is 10.6. The van der Waals surface area contributed by atoms with E-state index < -0.39 is 0 Å². The molecule has 2 nitrogen and oxygen atoms in total. The largest absolute Gasteiger partial charge is 0.294 e. The van der Waals surface area contributed by atoms with Crippen LogP contribution in [0.2, 0.25) is 5.02 Å². The molecular formula is C18H14ClNOS. The Morgan fingerprint density at radius 2 is 1.86 bits per heavy atom. The van der Waals surface area contributed by atoms with Crippen molar-refractivity contribution in [2.75, 3.05) is 0 Å². The van der Waals surface area contributed by atoms with Crippen LogP contribution in [0.3, 0.4) is 0 Å². The minimum absolute atomic E-state index is 0.0304. The number of carbonyl (C=O) groups excluding carboxylic acids is 1. The van der Waals surface area contributed by atoms with Gasteiger partial charge in [0.1, 0.15) is 0 Å². The number of hydrogen-bond donors (Lipinski definition) is 0. The van der Waals surface area contributed by atoms with Crippen molar-refractivity contribution in [3.8, 4) is 11.3 Å². The van der Waals surface area contributed by atoms with E-state index in [4.69, 9.17) is 11.6 Å². The van der Waals surface area contributed by atoms with Crippen LogP contribution in [0, 0.1) is 6.92 Å². The smallest absolute Gasteiger partial charge is 0.168 e. The Hall–Kier alpha value is -1.97. The van der Waals surface area contributed by atoms with Gasteiger partial charge in [-0.1, -0.05) is 48.0 Å². The van der Waals surface area contributed by atoms with E-state index >= 15 is 0 Å². The second kappa shape index (κ2) is 6.42. The predicted molar refractivity (Wildman–Crippen MR) is 91.8 cm³/mol. The Labute approximate surface area is 138 Å². The Morgan fingerprint density at radius 3 is 2.50 bits per heavy atom. The van der Waals surface area contributed by atoms with Crippen molar-refractivity contribution in [3.63, 3.8) is 0 Å². The van der Waals surface area contributed by atoms with Crippen molar-refractivity contribution in [2.45, 2.75) is 13.3 Å². The lowest BCUT2D eigenvalue weighted by Gasteiger charge is -2.04. The van der Waals surface area contributed by atoms with Gasteiger partial charge in [-0.05, 0) is 24.6 Å². The lowest BCUT2D eigenvalue weighted by Crippen LogP contribution is -2.04. The number of benzene rings is 2. The maximum atomic E-state index is 12.3. The fraction of sp³-hybridized carbons (Fsp3) is 0.111. The monoisotopic (exact) mass is 327 g/mol. The molecule has 22 heavy (non-hydrogen) atoms. The molecule has 0 N–H and O–H groups in total. The molecule has 0 aliphatic rings. The van der Waals surface area contributed by atoms with Gasteiger partial charge >= 0.3 is 0 Å². The molecule has 0 fully saturated rings. The first-order valence-electron chi connectivity index (χ1n) is 6.92. The van der Waals surface area contributed by atoms with Crippen LogP contribution in [0.1, 0.15) is 20.9 Å². The molecule has 4 heteroatoms. The Kier molecular flexibility index (Phi) is 4.36. The lowest BCUT2D eigenvalue weighted by molar-refractivity contribution is 0.0993. The van der Waals surface area contributed by atoms with Crippen LogP contribution in [0.5, 0.6) is 0 Å². The third-order valence-electron chi connectivity index (χ3n) is 3.41. The zero-order chi connectivity index (χ0) is 15.5. The van der Waals surface area contributed by atoms with Gasteiger partial charge in [0.2, 0.25) is 0 Å². The van der Waals surface area contributed by atoms with Crippen LogP contribution in [0.15, 0.2) is 53.9 Å². The van der Waals surface area contributed by atoms with E-state index in [1.54, 1.807) is 23.5 Å². The fourth-order valence-electron chi connectivity index (χ4n) is 2.26. The van der Waals surface area contributed by atoms with Crippen LogP contribution in [-0.4, -0.2) is 10.8 Å². The second-order valence-corrected chi connectivity index (χ2v) is 6.50. The number of carbonyl (C=O) groups is 1. The summed E-state index contributed by atoms with van der Waals surface area (Å²) < 4.78 is 0. The Balaban J connectivity index is 1.76. The molecular weight excluding hydrogens is 314 g/mol. The minimum Gasteiger partial charge on any atom is -0.294 e. The van der Waals surface area contributed by atoms with Gasteiger partial charge in [-0.2, -0.15) is 0 Å². The number of nitrogens with zero attached hydrogens (tertiary/aromatic N) is 1. The summed E-state index contributed by atoms with van der Waals surface area (Å²) in [6, 6.07) is 15.1. The minimum atomic E-state index is 0.0304. The number of aryl methyl sites for hydroxylation is 1. The molecule has 110 valence electrons. The number of halogens is 1. The molecule has 1 heterocycles. The van der Waals surface area contributed by atoms with E-state index in [2.05, 4.69) is 4.98 Å². The molecule has 0 radical (unpaired) electrons. The highest BCUT2D eigenvalue weighted by molar-refractivity contribution is 7.09. The van der Waals surface area contributed by atoms with E-state index in [1.807, 2.05) is 48.7 Å². The summed E-state index contributed by atoms with van der Waals surface area (Å²) in [5.74, 6) is 0.0304. The number of thiazole rings is 1. The second-order valence-electron chi connectivity index (χ2n) is 5.03. The van der Waals surface area contributed by atoms with Crippen molar-refractivity contribution in [1.29, 1.82) is 0 Å². The van der Waals surface area contributed by atoms with Crippen molar-refractivity contribution in [3.05, 3.63) is 75.1 Å². The summed E-state index contributed by atoms with van der Waals surface area (Å²) in [7, 11) is 0. The molecule has 0 bridgehead atoms. The molecule has 0 unspecified atom stereocenters. The number of ketones is 1. The molecule has 0 amide bonds. The van der Waals surface area contributed by atoms with Gasteiger partial charge in [-0.3, -0.25) is 4.79 Å². The molecule has 0 aliphatic carbocycles. The van der Waals surface area contributed by atoms with Gasteiger partial charge in [0.05, 0.1) is 15.7 Å². The Morgan fingerprint density at radius 1 is 1.14 bits per heavy atom. The highest BCUT2D eigenvalue weighted by atomic mass is 35.5. The standard InChI is InChI=1S/C18H14ClNOS/c1-12-20-17(11-22-12)14-8-6-13(7-9-14)10-18(21)15-4-2-3-5-16(15)19/h2-9,11H,10H2,1H3. The summed E-state index contributed by atoms with van der Waals surface area (Å²) in [5, 5.41) is 3.59.